The number of fused-ring (bicyclic) bond motifs is 1. The van der Waals surface area contributed by atoms with E-state index in [-0.39, 0.29) is 18.3 Å². The topological polar surface area (TPSA) is 49.8 Å². The number of hydrogen-bond acceptors (Lipinski definition) is 3. The molecule has 0 saturated carbocycles. The number of rotatable bonds is 3. The molecule has 0 aliphatic carbocycles. The summed E-state index contributed by atoms with van der Waals surface area (Å²) in [6.45, 7) is 9.97. The summed E-state index contributed by atoms with van der Waals surface area (Å²) in [4.78, 5) is 14.0. The number of nitrogens with zero attached hydrogens (tertiary/aromatic N) is 1. The lowest BCUT2D eigenvalue weighted by Gasteiger charge is -2.37. The Morgan fingerprint density at radius 2 is 1.95 bits per heavy atom. The van der Waals surface area contributed by atoms with Gasteiger partial charge in [0.05, 0.1) is 7.11 Å². The van der Waals surface area contributed by atoms with Crippen molar-refractivity contribution >= 4 is 14.5 Å². The Morgan fingerprint density at radius 3 is 2.48 bits per heavy atom. The standard InChI is InChI=1S/C12H16NO3P.2C2H6/c1-8-9(5-7-14)11(15)13-6-3-4-10(16-2)12(13)17-8;2*1-2/h3-4,6,12,14,17H,5,7H2,1-2H3;2*1-2H3. The fourth-order valence-corrected chi connectivity index (χ4v) is 3.58. The highest BCUT2D eigenvalue weighted by atomic mass is 31.1. The van der Waals surface area contributed by atoms with E-state index in [0.717, 1.165) is 16.6 Å². The molecule has 0 aromatic carbocycles. The van der Waals surface area contributed by atoms with Crippen LogP contribution in [0.5, 0.6) is 0 Å². The number of hydrogen-bond donors (Lipinski definition) is 1. The fraction of sp³-hybridized carbons (Fsp3) is 0.562. The lowest BCUT2D eigenvalue weighted by atomic mass is 10.1. The zero-order chi connectivity index (χ0) is 16.4. The zero-order valence-electron chi connectivity index (χ0n) is 13.9. The normalized spacial score (nSPS) is 20.9. The maximum absolute atomic E-state index is 12.2. The molecule has 4 nitrogen and oxygen atoms in total. The van der Waals surface area contributed by atoms with Gasteiger partial charge in [0.15, 0.2) is 0 Å². The molecule has 0 bridgehead atoms. The molecule has 2 unspecified atom stereocenters. The van der Waals surface area contributed by atoms with Crippen LogP contribution in [0.2, 0.25) is 0 Å². The van der Waals surface area contributed by atoms with Crippen molar-refractivity contribution in [2.75, 3.05) is 13.7 Å². The Kier molecular flexibility index (Phi) is 10.0. The van der Waals surface area contributed by atoms with Gasteiger partial charge in [-0.05, 0) is 24.4 Å². The predicted octanol–water partition coefficient (Wildman–Crippen LogP) is 3.60. The third-order valence-corrected chi connectivity index (χ3v) is 4.52. The van der Waals surface area contributed by atoms with Crippen LogP contribution in [0.1, 0.15) is 41.0 Å². The molecule has 2 heterocycles. The molecule has 0 radical (unpaired) electrons. The van der Waals surface area contributed by atoms with Crippen LogP contribution in [0.15, 0.2) is 35.0 Å². The number of methoxy groups -OCH3 is 1. The molecule has 2 atom stereocenters. The van der Waals surface area contributed by atoms with Crippen molar-refractivity contribution in [3.63, 3.8) is 0 Å². The molecule has 120 valence electrons. The van der Waals surface area contributed by atoms with Gasteiger partial charge in [-0.2, -0.15) is 0 Å². The van der Waals surface area contributed by atoms with Gasteiger partial charge in [0.25, 0.3) is 5.91 Å². The Labute approximate surface area is 130 Å². The van der Waals surface area contributed by atoms with Crippen LogP contribution in [-0.4, -0.2) is 35.4 Å². The Bertz CT molecular complexity index is 427. The van der Waals surface area contributed by atoms with Crippen molar-refractivity contribution < 1.29 is 14.6 Å². The van der Waals surface area contributed by atoms with Crippen LogP contribution in [0.3, 0.4) is 0 Å². The first-order valence-electron chi connectivity index (χ1n) is 7.51. The van der Waals surface area contributed by atoms with Gasteiger partial charge in [-0.1, -0.05) is 36.3 Å². The highest BCUT2D eigenvalue weighted by Gasteiger charge is 2.35. The second kappa shape index (κ2) is 10.6. The molecule has 2 aliphatic heterocycles. The smallest absolute Gasteiger partial charge is 0.255 e. The summed E-state index contributed by atoms with van der Waals surface area (Å²) in [7, 11) is 2.12. The lowest BCUT2D eigenvalue weighted by Crippen LogP contribution is -2.40. The summed E-state index contributed by atoms with van der Waals surface area (Å²) in [6.07, 6.45) is 5.92. The summed E-state index contributed by atoms with van der Waals surface area (Å²) >= 11 is 0. The number of aliphatic hydroxyl groups is 1. The van der Waals surface area contributed by atoms with Crippen molar-refractivity contribution in [1.82, 2.24) is 4.90 Å². The van der Waals surface area contributed by atoms with E-state index >= 15 is 0 Å². The minimum atomic E-state index is -0.0146. The molecule has 0 aromatic rings. The summed E-state index contributed by atoms with van der Waals surface area (Å²) in [5, 5.41) is 10.1. The van der Waals surface area contributed by atoms with E-state index in [1.54, 1.807) is 18.2 Å². The van der Waals surface area contributed by atoms with Crippen molar-refractivity contribution in [3.05, 3.63) is 35.0 Å². The molecule has 5 heteroatoms. The highest BCUT2D eigenvalue weighted by Crippen LogP contribution is 2.44. The average molecular weight is 313 g/mol. The molecule has 0 fully saturated rings. The maximum atomic E-state index is 12.2. The molecule has 2 aliphatic rings. The van der Waals surface area contributed by atoms with E-state index in [1.165, 1.54) is 0 Å². The van der Waals surface area contributed by atoms with Crippen LogP contribution >= 0.6 is 8.58 Å². The monoisotopic (exact) mass is 313 g/mol. The van der Waals surface area contributed by atoms with E-state index in [1.807, 2.05) is 46.8 Å². The number of aliphatic hydroxyl groups excluding tert-OH is 1. The number of ether oxygens (including phenoxy) is 1. The fourth-order valence-electron chi connectivity index (χ4n) is 2.06. The van der Waals surface area contributed by atoms with Crippen molar-refractivity contribution in [2.45, 2.75) is 46.8 Å². The van der Waals surface area contributed by atoms with E-state index in [2.05, 4.69) is 0 Å². The maximum Gasteiger partial charge on any atom is 0.255 e. The molecular weight excluding hydrogens is 285 g/mol. The van der Waals surface area contributed by atoms with Crippen molar-refractivity contribution in [2.24, 2.45) is 0 Å². The number of carbonyl (C=O) groups is 1. The van der Waals surface area contributed by atoms with E-state index in [0.29, 0.717) is 15.0 Å². The van der Waals surface area contributed by atoms with Gasteiger partial charge in [-0.25, -0.2) is 0 Å². The SMILES string of the molecule is CC.CC.COC1=CC=CN2C(=O)C(CCO)=C(C)PC12. The lowest BCUT2D eigenvalue weighted by molar-refractivity contribution is -0.125. The minimum absolute atomic E-state index is 0.0000529. The molecule has 0 aromatic heterocycles. The first kappa shape index (κ1) is 19.9. The first-order valence-corrected chi connectivity index (χ1v) is 8.59. The van der Waals surface area contributed by atoms with E-state index in [4.69, 9.17) is 9.84 Å². The average Bonchev–Trinajstić information content (AvgIpc) is 2.55. The summed E-state index contributed by atoms with van der Waals surface area (Å²) in [5.74, 6) is 0.806. The molecule has 2 rings (SSSR count). The Morgan fingerprint density at radius 1 is 1.33 bits per heavy atom. The van der Waals surface area contributed by atoms with Gasteiger partial charge in [0.1, 0.15) is 11.5 Å². The third kappa shape index (κ3) is 4.69. The Balaban J connectivity index is 0.000000921. The summed E-state index contributed by atoms with van der Waals surface area (Å²) < 4.78 is 5.30. The molecule has 1 amide bonds. The molecular formula is C16H28NO3P. The third-order valence-electron chi connectivity index (χ3n) is 2.95. The van der Waals surface area contributed by atoms with E-state index < -0.39 is 0 Å². The van der Waals surface area contributed by atoms with Gasteiger partial charge in [0.2, 0.25) is 0 Å². The number of carbonyl (C=O) groups excluding carboxylic acids is 1. The largest absolute Gasteiger partial charge is 0.498 e. The van der Waals surface area contributed by atoms with Crippen LogP contribution in [0.4, 0.5) is 0 Å². The van der Waals surface area contributed by atoms with Gasteiger partial charge < -0.3 is 14.7 Å². The van der Waals surface area contributed by atoms with Crippen molar-refractivity contribution in [1.29, 1.82) is 0 Å². The van der Waals surface area contributed by atoms with Gasteiger partial charge >= 0.3 is 0 Å². The van der Waals surface area contributed by atoms with Crippen molar-refractivity contribution in [3.8, 4) is 0 Å². The zero-order valence-corrected chi connectivity index (χ0v) is 14.9. The second-order valence-corrected chi connectivity index (χ2v) is 5.54. The van der Waals surface area contributed by atoms with Crippen LogP contribution in [0, 0.1) is 0 Å². The molecule has 0 saturated heterocycles. The van der Waals surface area contributed by atoms with Gasteiger partial charge in [0, 0.05) is 24.8 Å². The molecule has 21 heavy (non-hydrogen) atoms. The summed E-state index contributed by atoms with van der Waals surface area (Å²) in [5.41, 5.74) is 0.740. The number of allylic oxidation sites excluding steroid dienone is 3. The molecule has 1 N–H and O–H groups in total. The highest BCUT2D eigenvalue weighted by molar-refractivity contribution is 7.44. The van der Waals surface area contributed by atoms with Crippen LogP contribution in [-0.2, 0) is 9.53 Å². The second-order valence-electron chi connectivity index (χ2n) is 3.95. The van der Waals surface area contributed by atoms with Gasteiger partial charge in [-0.3, -0.25) is 4.79 Å². The quantitative estimate of drug-likeness (QED) is 0.810. The Hall–Kier alpha value is -1.12. The molecule has 0 spiro atoms. The predicted molar refractivity (Wildman–Crippen MR) is 90.3 cm³/mol. The number of amides is 1. The first-order chi connectivity index (χ1) is 10.2. The minimum Gasteiger partial charge on any atom is -0.498 e. The van der Waals surface area contributed by atoms with E-state index in [9.17, 15) is 4.79 Å². The van der Waals surface area contributed by atoms with Crippen LogP contribution < -0.4 is 0 Å². The van der Waals surface area contributed by atoms with Crippen LogP contribution in [0.25, 0.3) is 0 Å². The summed E-state index contributed by atoms with van der Waals surface area (Å²) in [6, 6.07) is 0. The van der Waals surface area contributed by atoms with Gasteiger partial charge in [-0.15, -0.1) is 0 Å².